The van der Waals surface area contributed by atoms with E-state index in [1.165, 1.54) is 0 Å². The molecule has 0 fully saturated rings. The van der Waals surface area contributed by atoms with Gasteiger partial charge in [0.15, 0.2) is 0 Å². The van der Waals surface area contributed by atoms with Crippen molar-refractivity contribution in [2.75, 3.05) is 0 Å². The summed E-state index contributed by atoms with van der Waals surface area (Å²) in [6, 6.07) is 13.6. The second kappa shape index (κ2) is 6.62. The zero-order chi connectivity index (χ0) is 13.8. The van der Waals surface area contributed by atoms with Crippen molar-refractivity contribution in [1.29, 1.82) is 0 Å². The van der Waals surface area contributed by atoms with Crippen LogP contribution in [0.2, 0.25) is 15.1 Å². The lowest BCUT2D eigenvalue weighted by molar-refractivity contribution is 0.575. The van der Waals surface area contributed by atoms with Crippen molar-refractivity contribution in [3.63, 3.8) is 0 Å². The van der Waals surface area contributed by atoms with Crippen LogP contribution in [0.25, 0.3) is 0 Å². The summed E-state index contributed by atoms with van der Waals surface area (Å²) < 4.78 is 0. The monoisotopic (exact) mass is 313 g/mol. The number of benzene rings is 2. The van der Waals surface area contributed by atoms with Gasteiger partial charge in [0.25, 0.3) is 0 Å². The van der Waals surface area contributed by atoms with Gasteiger partial charge in [-0.25, -0.2) is 0 Å². The highest BCUT2D eigenvalue weighted by molar-refractivity contribution is 6.35. The van der Waals surface area contributed by atoms with E-state index in [4.69, 9.17) is 34.8 Å². The largest absolute Gasteiger partial charge is 0.306 e. The molecule has 0 radical (unpaired) electrons. The smallest absolute Gasteiger partial charge is 0.0465 e. The second-order valence-corrected chi connectivity index (χ2v) is 5.67. The highest BCUT2D eigenvalue weighted by Crippen LogP contribution is 2.22. The second-order valence-electron chi connectivity index (χ2n) is 4.39. The van der Waals surface area contributed by atoms with E-state index in [1.807, 2.05) is 36.4 Å². The highest BCUT2D eigenvalue weighted by Gasteiger charge is 2.07. The number of halogens is 3. The Morgan fingerprint density at radius 3 is 2.42 bits per heavy atom. The van der Waals surface area contributed by atoms with Gasteiger partial charge < -0.3 is 5.32 Å². The van der Waals surface area contributed by atoms with Gasteiger partial charge in [0.2, 0.25) is 0 Å². The minimum atomic E-state index is 0.199. The van der Waals surface area contributed by atoms with Crippen LogP contribution in [0, 0.1) is 0 Å². The lowest BCUT2D eigenvalue weighted by Gasteiger charge is -2.15. The molecule has 0 aliphatic carbocycles. The topological polar surface area (TPSA) is 12.0 Å². The van der Waals surface area contributed by atoms with Crippen LogP contribution in [0.3, 0.4) is 0 Å². The van der Waals surface area contributed by atoms with Crippen LogP contribution in [-0.4, -0.2) is 0 Å². The van der Waals surface area contributed by atoms with E-state index in [1.54, 1.807) is 6.07 Å². The molecule has 1 nitrogen and oxygen atoms in total. The molecule has 19 heavy (non-hydrogen) atoms. The summed E-state index contributed by atoms with van der Waals surface area (Å²) in [5.74, 6) is 0. The predicted octanol–water partition coefficient (Wildman–Crippen LogP) is 5.50. The molecular formula is C15H14Cl3N. The molecule has 2 aromatic rings. The van der Waals surface area contributed by atoms with E-state index < -0.39 is 0 Å². The van der Waals surface area contributed by atoms with E-state index >= 15 is 0 Å². The Bertz CT molecular complexity index is 569. The van der Waals surface area contributed by atoms with Crippen molar-refractivity contribution >= 4 is 34.8 Å². The van der Waals surface area contributed by atoms with Gasteiger partial charge in [-0.3, -0.25) is 0 Å². The van der Waals surface area contributed by atoms with Crippen LogP contribution < -0.4 is 5.32 Å². The molecule has 0 aromatic heterocycles. The molecule has 0 aliphatic rings. The fraction of sp³-hybridized carbons (Fsp3) is 0.200. The van der Waals surface area contributed by atoms with Gasteiger partial charge in [-0.2, -0.15) is 0 Å². The quantitative estimate of drug-likeness (QED) is 0.786. The van der Waals surface area contributed by atoms with Crippen LogP contribution in [0.15, 0.2) is 42.5 Å². The Morgan fingerprint density at radius 2 is 1.74 bits per heavy atom. The minimum absolute atomic E-state index is 0.199. The van der Waals surface area contributed by atoms with Gasteiger partial charge >= 0.3 is 0 Å². The fourth-order valence-electron chi connectivity index (χ4n) is 1.82. The average molecular weight is 315 g/mol. The molecule has 0 saturated carbocycles. The summed E-state index contributed by atoms with van der Waals surface area (Å²) >= 11 is 18.0. The summed E-state index contributed by atoms with van der Waals surface area (Å²) in [5, 5.41) is 5.49. The van der Waals surface area contributed by atoms with Crippen LogP contribution in [0.4, 0.5) is 0 Å². The molecule has 0 spiro atoms. The maximum atomic E-state index is 6.14. The van der Waals surface area contributed by atoms with Gasteiger partial charge in [0, 0.05) is 27.7 Å². The molecule has 4 heteroatoms. The summed E-state index contributed by atoms with van der Waals surface area (Å²) in [4.78, 5) is 0. The number of hydrogen-bond donors (Lipinski definition) is 1. The normalized spacial score (nSPS) is 12.4. The Balaban J connectivity index is 2.02. The lowest BCUT2D eigenvalue weighted by Crippen LogP contribution is -2.18. The first-order valence-corrected chi connectivity index (χ1v) is 7.12. The molecule has 2 aromatic carbocycles. The zero-order valence-electron chi connectivity index (χ0n) is 10.5. The van der Waals surface area contributed by atoms with E-state index in [-0.39, 0.29) is 6.04 Å². The van der Waals surface area contributed by atoms with E-state index in [0.717, 1.165) is 16.1 Å². The third-order valence-corrected chi connectivity index (χ3v) is 3.78. The van der Waals surface area contributed by atoms with E-state index in [2.05, 4.69) is 12.2 Å². The van der Waals surface area contributed by atoms with Crippen LogP contribution >= 0.6 is 34.8 Å². The molecule has 2 rings (SSSR count). The molecule has 100 valence electrons. The van der Waals surface area contributed by atoms with Crippen molar-refractivity contribution in [3.05, 3.63) is 68.7 Å². The summed E-state index contributed by atoms with van der Waals surface area (Å²) in [6.07, 6.45) is 0. The fourth-order valence-corrected chi connectivity index (χ4v) is 2.50. The first kappa shape index (κ1) is 14.7. The van der Waals surface area contributed by atoms with Crippen LogP contribution in [-0.2, 0) is 6.54 Å². The van der Waals surface area contributed by atoms with Gasteiger partial charge in [-0.15, -0.1) is 0 Å². The molecule has 0 unspecified atom stereocenters. The molecule has 0 saturated heterocycles. The molecule has 0 bridgehead atoms. The Hall–Kier alpha value is -0.730. The third-order valence-electron chi connectivity index (χ3n) is 2.96. The first-order valence-electron chi connectivity index (χ1n) is 5.99. The Morgan fingerprint density at radius 1 is 1.00 bits per heavy atom. The standard InChI is InChI=1S/C15H14Cl3N/c1-10(11-3-2-4-13(16)7-11)19-9-12-5-6-14(17)8-15(12)18/h2-8,10,19H,9H2,1H3/t10-/m1/s1. The molecule has 0 heterocycles. The van der Waals surface area contributed by atoms with E-state index in [9.17, 15) is 0 Å². The van der Waals surface area contributed by atoms with Gasteiger partial charge in [-0.1, -0.05) is 53.0 Å². The van der Waals surface area contributed by atoms with Crippen LogP contribution in [0.1, 0.15) is 24.1 Å². The summed E-state index contributed by atoms with van der Waals surface area (Å²) in [5.41, 5.74) is 2.18. The number of rotatable bonds is 4. The SMILES string of the molecule is C[C@@H](NCc1ccc(Cl)cc1Cl)c1cccc(Cl)c1. The molecular weight excluding hydrogens is 301 g/mol. The summed E-state index contributed by atoms with van der Waals surface area (Å²) in [7, 11) is 0. The van der Waals surface area contributed by atoms with Gasteiger partial charge in [0.05, 0.1) is 0 Å². The minimum Gasteiger partial charge on any atom is -0.306 e. The Labute approximate surface area is 128 Å². The third kappa shape index (κ3) is 4.12. The van der Waals surface area contributed by atoms with E-state index in [0.29, 0.717) is 16.6 Å². The van der Waals surface area contributed by atoms with Gasteiger partial charge in [-0.05, 0) is 42.3 Å². The molecule has 1 N–H and O–H groups in total. The zero-order valence-corrected chi connectivity index (χ0v) is 12.7. The van der Waals surface area contributed by atoms with Crippen molar-refractivity contribution in [3.8, 4) is 0 Å². The number of hydrogen-bond acceptors (Lipinski definition) is 1. The Kier molecular flexibility index (Phi) is 5.12. The predicted molar refractivity (Wildman–Crippen MR) is 83.2 cm³/mol. The molecule has 0 amide bonds. The lowest BCUT2D eigenvalue weighted by atomic mass is 10.1. The molecule has 0 aliphatic heterocycles. The summed E-state index contributed by atoms with van der Waals surface area (Å²) in [6.45, 7) is 2.78. The van der Waals surface area contributed by atoms with Crippen molar-refractivity contribution in [2.24, 2.45) is 0 Å². The van der Waals surface area contributed by atoms with Gasteiger partial charge in [0.1, 0.15) is 0 Å². The maximum absolute atomic E-state index is 6.14. The number of nitrogens with one attached hydrogen (secondary N) is 1. The highest BCUT2D eigenvalue weighted by atomic mass is 35.5. The molecule has 1 atom stereocenters. The van der Waals surface area contributed by atoms with Crippen LogP contribution in [0.5, 0.6) is 0 Å². The van der Waals surface area contributed by atoms with Crippen molar-refractivity contribution in [2.45, 2.75) is 19.5 Å². The van der Waals surface area contributed by atoms with Crippen molar-refractivity contribution in [1.82, 2.24) is 5.32 Å². The maximum Gasteiger partial charge on any atom is 0.0465 e. The first-order chi connectivity index (χ1) is 9.06. The average Bonchev–Trinajstić information content (AvgIpc) is 2.37. The van der Waals surface area contributed by atoms with Crippen molar-refractivity contribution < 1.29 is 0 Å².